The van der Waals surface area contributed by atoms with E-state index in [1.54, 1.807) is 25.3 Å². The lowest BCUT2D eigenvalue weighted by Crippen LogP contribution is -2.03. The number of halogens is 1. The van der Waals surface area contributed by atoms with E-state index >= 15 is 0 Å². The van der Waals surface area contributed by atoms with Crippen LogP contribution in [0.4, 0.5) is 5.00 Å². The van der Waals surface area contributed by atoms with Crippen molar-refractivity contribution in [3.05, 3.63) is 100 Å². The van der Waals surface area contributed by atoms with Crippen LogP contribution < -0.4 is 5.32 Å². The van der Waals surface area contributed by atoms with E-state index in [0.29, 0.717) is 34.0 Å². The number of hydrogen-bond acceptors (Lipinski definition) is 6. The van der Waals surface area contributed by atoms with Gasteiger partial charge >= 0.3 is 5.97 Å². The summed E-state index contributed by atoms with van der Waals surface area (Å²) in [5, 5.41) is 15.2. The Morgan fingerprint density at radius 2 is 2.03 bits per heavy atom. The maximum absolute atomic E-state index is 11.3. The van der Waals surface area contributed by atoms with Gasteiger partial charge in [0.25, 0.3) is 0 Å². The monoisotopic (exact) mass is 481 g/mol. The minimum absolute atomic E-state index is 0.309. The molecule has 0 unspecified atom stereocenters. The summed E-state index contributed by atoms with van der Waals surface area (Å²) in [6.45, 7) is 9.25. The first-order valence-corrected chi connectivity index (χ1v) is 11.1. The van der Waals surface area contributed by atoms with Crippen molar-refractivity contribution in [2.75, 3.05) is 12.4 Å². The summed E-state index contributed by atoms with van der Waals surface area (Å²) in [5.41, 5.74) is 4.98. The van der Waals surface area contributed by atoms with Crippen LogP contribution >= 0.6 is 22.9 Å². The Morgan fingerprint density at radius 3 is 2.64 bits per heavy atom. The number of carbonyl (C=O) groups is 2. The smallest absolute Gasteiger partial charge is 0.338 e. The summed E-state index contributed by atoms with van der Waals surface area (Å²) in [5.74, 6) is -0.936. The van der Waals surface area contributed by atoms with Crippen molar-refractivity contribution in [3.63, 3.8) is 0 Å². The number of aromatic nitrogens is 2. The molecule has 0 aliphatic carbocycles. The number of allylic oxidation sites excluding steroid dienone is 6. The second kappa shape index (κ2) is 12.5. The van der Waals surface area contributed by atoms with Crippen LogP contribution in [0, 0.1) is 6.92 Å². The Kier molecular flexibility index (Phi) is 9.72. The number of carboxylic acids is 1. The van der Waals surface area contributed by atoms with Crippen molar-refractivity contribution in [3.8, 4) is 0 Å². The summed E-state index contributed by atoms with van der Waals surface area (Å²) >= 11 is 7.21. The second-order valence-electron chi connectivity index (χ2n) is 6.75. The van der Waals surface area contributed by atoms with Crippen molar-refractivity contribution in [2.24, 2.45) is 0 Å². The zero-order valence-corrected chi connectivity index (χ0v) is 19.9. The molecule has 170 valence electrons. The van der Waals surface area contributed by atoms with Crippen molar-refractivity contribution in [2.45, 2.75) is 13.3 Å². The topological polar surface area (TPSA) is 92.2 Å². The van der Waals surface area contributed by atoms with Crippen LogP contribution in [0.15, 0.2) is 77.8 Å². The van der Waals surface area contributed by atoms with Gasteiger partial charge < -0.3 is 10.4 Å². The molecule has 1 aromatic carbocycles. The van der Waals surface area contributed by atoms with Gasteiger partial charge in [0, 0.05) is 12.1 Å². The predicted octanol–water partition coefficient (Wildman–Crippen LogP) is 6.20. The quantitative estimate of drug-likeness (QED) is 0.294. The molecule has 0 aliphatic heterocycles. The lowest BCUT2D eigenvalue weighted by Gasteiger charge is -2.03. The average Bonchev–Trinajstić information content (AvgIpc) is 3.24. The minimum atomic E-state index is -0.936. The first kappa shape index (κ1) is 25.7. The number of aromatic carboxylic acids is 1. The lowest BCUT2D eigenvalue weighted by molar-refractivity contribution is 0.0697. The van der Waals surface area contributed by atoms with Crippen molar-refractivity contribution in [1.82, 2.24) is 9.97 Å². The van der Waals surface area contributed by atoms with Gasteiger partial charge in [0.2, 0.25) is 0 Å². The Balaban J connectivity index is 0.000000254. The molecule has 2 heterocycles. The van der Waals surface area contributed by atoms with Crippen molar-refractivity contribution >= 4 is 51.2 Å². The molecule has 2 N–H and O–H groups in total. The van der Waals surface area contributed by atoms with Crippen LogP contribution in [-0.4, -0.2) is 34.4 Å². The van der Waals surface area contributed by atoms with Gasteiger partial charge in [0.15, 0.2) is 6.29 Å². The van der Waals surface area contributed by atoms with Crippen molar-refractivity contribution in [1.29, 1.82) is 0 Å². The number of fused-ring (bicyclic) bond motifs is 1. The molecule has 0 bridgehead atoms. The molecule has 6 nitrogen and oxygen atoms in total. The molecule has 8 heteroatoms. The molecule has 0 radical (unpaired) electrons. The van der Waals surface area contributed by atoms with Crippen molar-refractivity contribution < 1.29 is 14.7 Å². The Hall–Kier alpha value is -3.55. The zero-order valence-electron chi connectivity index (χ0n) is 18.3. The maximum Gasteiger partial charge on any atom is 0.338 e. The third-order valence-electron chi connectivity index (χ3n) is 4.53. The molecule has 0 fully saturated rings. The van der Waals surface area contributed by atoms with Gasteiger partial charge in [-0.3, -0.25) is 9.78 Å². The molecule has 3 aromatic rings. The number of hydrogen-bond donors (Lipinski definition) is 2. The van der Waals surface area contributed by atoms with E-state index in [1.807, 2.05) is 30.5 Å². The van der Waals surface area contributed by atoms with Gasteiger partial charge in [0.05, 0.1) is 22.8 Å². The van der Waals surface area contributed by atoms with E-state index in [2.05, 4.69) is 28.4 Å². The van der Waals surface area contributed by atoms with Crippen LogP contribution in [0.5, 0.6) is 0 Å². The number of rotatable bonds is 8. The number of nitrogens with one attached hydrogen (secondary N) is 1. The SMILES string of the molecule is C=C/C(=C\C=C(\Cl)C=C)Cc1csc(NC)c1C(=O)O.Cc1cccc2ncc(C=O)nc12. The third kappa shape index (κ3) is 6.97. The van der Waals surface area contributed by atoms with Crippen LogP contribution in [-0.2, 0) is 6.42 Å². The van der Waals surface area contributed by atoms with Gasteiger partial charge in [-0.2, -0.15) is 0 Å². The van der Waals surface area contributed by atoms with Gasteiger partial charge in [-0.25, -0.2) is 9.78 Å². The first-order chi connectivity index (χ1) is 15.8. The molecule has 2 aromatic heterocycles. The zero-order chi connectivity index (χ0) is 24.4. The molecule has 0 aliphatic rings. The number of para-hydroxylation sites is 1. The highest BCUT2D eigenvalue weighted by molar-refractivity contribution is 7.14. The predicted molar refractivity (Wildman–Crippen MR) is 137 cm³/mol. The highest BCUT2D eigenvalue weighted by Gasteiger charge is 2.17. The first-order valence-electron chi connectivity index (χ1n) is 9.84. The molecule has 3 rings (SSSR count). The number of aldehydes is 1. The van der Waals surface area contributed by atoms with Gasteiger partial charge in [-0.15, -0.1) is 11.3 Å². The van der Waals surface area contributed by atoms with Gasteiger partial charge in [-0.05, 0) is 47.6 Å². The largest absolute Gasteiger partial charge is 0.478 e. The normalized spacial score (nSPS) is 11.4. The molecular weight excluding hydrogens is 458 g/mol. The fourth-order valence-electron chi connectivity index (χ4n) is 2.86. The van der Waals surface area contributed by atoms with E-state index in [4.69, 9.17) is 11.6 Å². The Bertz CT molecular complexity index is 1240. The molecule has 0 saturated carbocycles. The molecule has 33 heavy (non-hydrogen) atoms. The van der Waals surface area contributed by atoms with E-state index in [1.165, 1.54) is 23.6 Å². The molecule has 0 atom stereocenters. The number of anilines is 1. The summed E-state index contributed by atoms with van der Waals surface area (Å²) in [4.78, 5) is 30.1. The molecule has 0 spiro atoms. The third-order valence-corrected chi connectivity index (χ3v) is 5.86. The number of nitrogens with zero attached hydrogens (tertiary/aromatic N) is 2. The van der Waals surface area contributed by atoms with E-state index in [0.717, 1.165) is 27.7 Å². The number of carboxylic acid groups (broad SMARTS) is 1. The lowest BCUT2D eigenvalue weighted by atomic mass is 10.0. The molecule has 0 saturated heterocycles. The van der Waals surface area contributed by atoms with Gasteiger partial charge in [0.1, 0.15) is 10.7 Å². The maximum atomic E-state index is 11.3. The highest BCUT2D eigenvalue weighted by atomic mass is 35.5. The second-order valence-corrected chi connectivity index (χ2v) is 8.07. The van der Waals surface area contributed by atoms with E-state index in [-0.39, 0.29) is 0 Å². The van der Waals surface area contributed by atoms with Crippen LogP contribution in [0.1, 0.15) is 32.0 Å². The summed E-state index contributed by atoms with van der Waals surface area (Å²) in [7, 11) is 1.71. The average molecular weight is 482 g/mol. The standard InChI is InChI=1S/C15H16ClNO2S.C10H8N2O/c1-4-10(6-7-12(16)5-2)8-11-9-20-14(17-3)13(11)15(18)19;1-7-3-2-4-9-10(7)12-8(6-13)5-11-9/h4-7,9,17H,1-2,8H2,3H3,(H,18,19);2-6H,1H3/b10-6+,12-7+;. The summed E-state index contributed by atoms with van der Waals surface area (Å²) in [6.07, 6.45) is 9.41. The summed E-state index contributed by atoms with van der Waals surface area (Å²) in [6, 6.07) is 5.75. The fourth-order valence-corrected chi connectivity index (χ4v) is 3.84. The number of benzene rings is 1. The fraction of sp³-hybridized carbons (Fsp3) is 0.120. The van der Waals surface area contributed by atoms with Crippen LogP contribution in [0.25, 0.3) is 11.0 Å². The van der Waals surface area contributed by atoms with E-state index < -0.39 is 5.97 Å². The number of thiophene rings is 1. The number of aryl methyl sites for hydroxylation is 1. The highest BCUT2D eigenvalue weighted by Crippen LogP contribution is 2.29. The van der Waals surface area contributed by atoms with Crippen LogP contribution in [0.2, 0.25) is 0 Å². The Labute approximate surface area is 201 Å². The molecule has 0 amide bonds. The van der Waals surface area contributed by atoms with Gasteiger partial charge in [-0.1, -0.05) is 55.1 Å². The Morgan fingerprint density at radius 1 is 1.27 bits per heavy atom. The number of carbonyl (C=O) groups excluding carboxylic acids is 1. The van der Waals surface area contributed by atoms with E-state index in [9.17, 15) is 14.7 Å². The minimum Gasteiger partial charge on any atom is -0.478 e. The molecular formula is C25H24ClN3O3S. The van der Waals surface area contributed by atoms with Crippen LogP contribution in [0.3, 0.4) is 0 Å². The summed E-state index contributed by atoms with van der Waals surface area (Å²) < 4.78 is 0.